The van der Waals surface area contributed by atoms with Gasteiger partial charge in [-0.2, -0.15) is 5.26 Å². The fraction of sp³-hybridized carbons (Fsp3) is 0.310. The van der Waals surface area contributed by atoms with Crippen LogP contribution in [0, 0.1) is 17.1 Å². The zero-order valence-corrected chi connectivity index (χ0v) is 21.5. The van der Waals surface area contributed by atoms with Crippen molar-refractivity contribution < 1.29 is 23.4 Å². The van der Waals surface area contributed by atoms with Crippen molar-refractivity contribution in [1.29, 1.82) is 5.26 Å². The van der Waals surface area contributed by atoms with Crippen LogP contribution in [0.4, 0.5) is 10.1 Å². The number of aliphatic hydroxyl groups excluding tert-OH is 1. The van der Waals surface area contributed by atoms with Crippen LogP contribution in [0.3, 0.4) is 0 Å². The minimum absolute atomic E-state index is 0.139. The Bertz CT molecular complexity index is 1500. The Kier molecular flexibility index (Phi) is 7.29. The summed E-state index contributed by atoms with van der Waals surface area (Å²) in [7, 11) is 4.83. The molecule has 0 radical (unpaired) electrons. The number of hydrogen-bond donors (Lipinski definition) is 2. The van der Waals surface area contributed by atoms with E-state index in [-0.39, 0.29) is 23.1 Å². The van der Waals surface area contributed by atoms with E-state index in [9.17, 15) is 10.4 Å². The van der Waals surface area contributed by atoms with E-state index >= 15 is 4.39 Å². The molecule has 38 heavy (non-hydrogen) atoms. The number of furan rings is 1. The van der Waals surface area contributed by atoms with Crippen molar-refractivity contribution in [3.63, 3.8) is 0 Å². The monoisotopic (exact) mass is 516 g/mol. The number of ether oxygens (including phenoxy) is 2. The molecule has 1 unspecified atom stereocenters. The average Bonchev–Trinajstić information content (AvgIpc) is 3.36. The maximum Gasteiger partial charge on any atom is 0.161 e. The van der Waals surface area contributed by atoms with Gasteiger partial charge in [-0.15, -0.1) is 0 Å². The molecule has 0 spiro atoms. The Morgan fingerprint density at radius 3 is 2.68 bits per heavy atom. The number of hydrogen-bond acceptors (Lipinski definition) is 8. The molecule has 1 aliphatic heterocycles. The summed E-state index contributed by atoms with van der Waals surface area (Å²) in [5.74, 6) is -0.105. The fourth-order valence-corrected chi connectivity index (χ4v) is 4.73. The Balaban J connectivity index is 1.54. The van der Waals surface area contributed by atoms with Crippen LogP contribution in [0.15, 0.2) is 53.1 Å². The van der Waals surface area contributed by atoms with Crippen molar-refractivity contribution in [2.75, 3.05) is 39.7 Å². The van der Waals surface area contributed by atoms with Crippen LogP contribution >= 0.6 is 0 Å². The van der Waals surface area contributed by atoms with Crippen molar-refractivity contribution in [2.45, 2.75) is 25.1 Å². The molecule has 196 valence electrons. The standard InChI is InChI=1S/C29H29FN4O4/c1-34(2)29(35)18-13-22(30)27(25(14-18)36-3)26-15-24-28(38-26)21(6-9-32-24)17-4-5-23(19(12-17)16-31)33-20-7-10-37-11-8-20/h4-6,9,12-15,20,29,33,35H,7-8,10-11H2,1-3H3. The Morgan fingerprint density at radius 1 is 1.18 bits per heavy atom. The Labute approximate surface area is 220 Å². The summed E-state index contributed by atoms with van der Waals surface area (Å²) in [6.45, 7) is 1.41. The van der Waals surface area contributed by atoms with Gasteiger partial charge in [0.15, 0.2) is 5.58 Å². The van der Waals surface area contributed by atoms with Gasteiger partial charge in [0.05, 0.1) is 23.9 Å². The minimum Gasteiger partial charge on any atom is -0.496 e. The smallest absolute Gasteiger partial charge is 0.161 e. The first-order valence-electron chi connectivity index (χ1n) is 12.4. The number of pyridine rings is 1. The van der Waals surface area contributed by atoms with Gasteiger partial charge in [-0.1, -0.05) is 6.07 Å². The Morgan fingerprint density at radius 2 is 1.97 bits per heavy atom. The van der Waals surface area contributed by atoms with E-state index in [4.69, 9.17) is 13.9 Å². The lowest BCUT2D eigenvalue weighted by molar-refractivity contribution is 0.0391. The topological polar surface area (TPSA) is 104 Å². The van der Waals surface area contributed by atoms with Gasteiger partial charge in [-0.3, -0.25) is 9.88 Å². The summed E-state index contributed by atoms with van der Waals surface area (Å²) in [6, 6.07) is 14.5. The lowest BCUT2D eigenvalue weighted by Crippen LogP contribution is -2.28. The molecule has 3 heterocycles. The molecule has 1 atom stereocenters. The van der Waals surface area contributed by atoms with Gasteiger partial charge in [0.25, 0.3) is 0 Å². The number of methoxy groups -OCH3 is 1. The SMILES string of the molecule is COc1cc(C(O)N(C)C)cc(F)c1-c1cc2nccc(-c3ccc(NC4CCOCC4)c(C#N)c3)c2o1. The number of benzene rings is 2. The maximum absolute atomic E-state index is 15.4. The summed E-state index contributed by atoms with van der Waals surface area (Å²) in [5, 5.41) is 23.7. The molecule has 8 nitrogen and oxygen atoms in total. The normalized spacial score (nSPS) is 15.0. The third-order valence-electron chi connectivity index (χ3n) is 6.77. The highest BCUT2D eigenvalue weighted by molar-refractivity contribution is 5.93. The lowest BCUT2D eigenvalue weighted by atomic mass is 10.0. The number of halogens is 1. The molecule has 0 amide bonds. The van der Waals surface area contributed by atoms with Gasteiger partial charge in [0, 0.05) is 42.6 Å². The predicted octanol–water partition coefficient (Wildman–Crippen LogP) is 5.32. The molecule has 5 rings (SSSR count). The van der Waals surface area contributed by atoms with Crippen LogP contribution in [0.25, 0.3) is 33.6 Å². The van der Waals surface area contributed by atoms with Crippen molar-refractivity contribution in [1.82, 2.24) is 9.88 Å². The molecule has 0 saturated carbocycles. The highest BCUT2D eigenvalue weighted by Gasteiger charge is 2.23. The van der Waals surface area contributed by atoms with Crippen molar-refractivity contribution >= 4 is 16.8 Å². The molecule has 1 fully saturated rings. The van der Waals surface area contributed by atoms with Crippen LogP contribution in [-0.2, 0) is 4.74 Å². The van der Waals surface area contributed by atoms with E-state index in [0.717, 1.165) is 29.7 Å². The van der Waals surface area contributed by atoms with Crippen molar-refractivity contribution in [2.24, 2.45) is 0 Å². The zero-order chi connectivity index (χ0) is 26.8. The number of aromatic nitrogens is 1. The number of anilines is 1. The summed E-state index contributed by atoms with van der Waals surface area (Å²) < 4.78 is 32.4. The molecule has 0 bridgehead atoms. The van der Waals surface area contributed by atoms with Crippen molar-refractivity contribution in [3.8, 4) is 34.3 Å². The molecule has 4 aromatic rings. The lowest BCUT2D eigenvalue weighted by Gasteiger charge is -2.24. The maximum atomic E-state index is 15.4. The Hall–Kier alpha value is -3.97. The largest absolute Gasteiger partial charge is 0.496 e. The number of aliphatic hydroxyl groups is 1. The molecule has 0 aliphatic carbocycles. The van der Waals surface area contributed by atoms with Crippen LogP contribution in [0.5, 0.6) is 5.75 Å². The average molecular weight is 517 g/mol. The van der Waals surface area contributed by atoms with Gasteiger partial charge in [0.2, 0.25) is 0 Å². The highest BCUT2D eigenvalue weighted by Crippen LogP contribution is 2.40. The summed E-state index contributed by atoms with van der Waals surface area (Å²) in [4.78, 5) is 5.97. The minimum atomic E-state index is -0.991. The van der Waals surface area contributed by atoms with Crippen molar-refractivity contribution in [3.05, 3.63) is 65.6 Å². The zero-order valence-electron chi connectivity index (χ0n) is 21.5. The van der Waals surface area contributed by atoms with Gasteiger partial charge < -0.3 is 24.3 Å². The van der Waals surface area contributed by atoms with Gasteiger partial charge in [-0.05, 0) is 62.8 Å². The van der Waals surface area contributed by atoms with E-state index in [1.807, 2.05) is 24.3 Å². The molecule has 2 aromatic heterocycles. The third kappa shape index (κ3) is 4.94. The first-order valence-corrected chi connectivity index (χ1v) is 12.4. The molecule has 1 aliphatic rings. The highest BCUT2D eigenvalue weighted by atomic mass is 19.1. The summed E-state index contributed by atoms with van der Waals surface area (Å²) >= 11 is 0. The summed E-state index contributed by atoms with van der Waals surface area (Å²) in [5.41, 5.74) is 4.32. The first-order chi connectivity index (χ1) is 18.4. The molecule has 2 aromatic carbocycles. The van der Waals surface area contributed by atoms with Gasteiger partial charge in [-0.25, -0.2) is 4.39 Å². The van der Waals surface area contributed by atoms with Crippen LogP contribution in [0.2, 0.25) is 0 Å². The predicted molar refractivity (Wildman–Crippen MR) is 142 cm³/mol. The van der Waals surface area contributed by atoms with Crippen LogP contribution in [0.1, 0.15) is 30.2 Å². The van der Waals surface area contributed by atoms with Gasteiger partial charge >= 0.3 is 0 Å². The second-order valence-corrected chi connectivity index (χ2v) is 9.50. The summed E-state index contributed by atoms with van der Waals surface area (Å²) in [6.07, 6.45) is 2.44. The van der Waals surface area contributed by atoms with E-state index < -0.39 is 12.0 Å². The molecular weight excluding hydrogens is 487 g/mol. The quantitative estimate of drug-likeness (QED) is 0.318. The number of rotatable bonds is 7. The number of nitrogens with one attached hydrogen (secondary N) is 1. The van der Waals surface area contributed by atoms with E-state index in [2.05, 4.69) is 16.4 Å². The second-order valence-electron chi connectivity index (χ2n) is 9.50. The van der Waals surface area contributed by atoms with E-state index in [1.165, 1.54) is 13.2 Å². The van der Waals surface area contributed by atoms with Gasteiger partial charge in [0.1, 0.15) is 35.1 Å². The number of nitriles is 1. The first kappa shape index (κ1) is 25.7. The second kappa shape index (κ2) is 10.8. The molecular formula is C29H29FN4O4. The third-order valence-corrected chi connectivity index (χ3v) is 6.77. The van der Waals surface area contributed by atoms with Crippen LogP contribution < -0.4 is 10.1 Å². The number of fused-ring (bicyclic) bond motifs is 1. The molecule has 2 N–H and O–H groups in total. The number of nitrogens with zero attached hydrogens (tertiary/aromatic N) is 3. The fourth-order valence-electron chi connectivity index (χ4n) is 4.73. The van der Waals surface area contributed by atoms with E-state index in [0.29, 0.717) is 35.4 Å². The molecule has 1 saturated heterocycles. The van der Waals surface area contributed by atoms with E-state index in [1.54, 1.807) is 37.3 Å². The van der Waals surface area contributed by atoms with Crippen LogP contribution in [-0.4, -0.2) is 55.5 Å². The molecule has 9 heteroatoms.